The molecule has 3 unspecified atom stereocenters. The molecule has 0 aromatic heterocycles. The van der Waals surface area contributed by atoms with Gasteiger partial charge in [-0.25, -0.2) is 0 Å². The molecule has 1 aromatic rings. The van der Waals surface area contributed by atoms with E-state index < -0.39 is 0 Å². The summed E-state index contributed by atoms with van der Waals surface area (Å²) in [6, 6.07) is 9.19. The highest BCUT2D eigenvalue weighted by Gasteiger charge is 2.11. The van der Waals surface area contributed by atoms with Gasteiger partial charge in [-0.05, 0) is 39.7 Å². The van der Waals surface area contributed by atoms with Crippen LogP contribution in [0.2, 0.25) is 0 Å². The number of nitrogens with one attached hydrogen (secondary N) is 1. The molecule has 2 heteroatoms. The molecular weight excluding hydrogens is 198 g/mol. The third kappa shape index (κ3) is 4.33. The minimum atomic E-state index is -0.243. The molecule has 1 aromatic carbocycles. The van der Waals surface area contributed by atoms with E-state index in [1.807, 2.05) is 6.92 Å². The van der Waals surface area contributed by atoms with Crippen LogP contribution in [0.3, 0.4) is 0 Å². The molecule has 0 bridgehead atoms. The van der Waals surface area contributed by atoms with Gasteiger partial charge in [0.15, 0.2) is 0 Å². The predicted octanol–water partition coefficient (Wildman–Crippen LogP) is 2.81. The lowest BCUT2D eigenvalue weighted by Gasteiger charge is -2.21. The summed E-state index contributed by atoms with van der Waals surface area (Å²) < 4.78 is 0. The highest BCUT2D eigenvalue weighted by molar-refractivity contribution is 5.24. The molecule has 0 radical (unpaired) electrons. The zero-order valence-corrected chi connectivity index (χ0v) is 10.7. The second kappa shape index (κ2) is 6.02. The van der Waals surface area contributed by atoms with Gasteiger partial charge in [0.05, 0.1) is 6.10 Å². The molecule has 3 atom stereocenters. The molecule has 0 heterocycles. The molecule has 16 heavy (non-hydrogen) atoms. The number of aliphatic hydroxyl groups is 1. The van der Waals surface area contributed by atoms with Crippen LogP contribution >= 0.6 is 0 Å². The van der Waals surface area contributed by atoms with E-state index in [0.29, 0.717) is 12.1 Å². The molecule has 1 rings (SSSR count). The lowest BCUT2D eigenvalue weighted by Crippen LogP contribution is -2.31. The predicted molar refractivity (Wildman–Crippen MR) is 68.5 cm³/mol. The van der Waals surface area contributed by atoms with Crippen molar-refractivity contribution in [1.82, 2.24) is 5.32 Å². The van der Waals surface area contributed by atoms with E-state index in [1.54, 1.807) is 0 Å². The number of benzene rings is 1. The second-order valence-electron chi connectivity index (χ2n) is 4.79. The van der Waals surface area contributed by atoms with Gasteiger partial charge in [-0.2, -0.15) is 0 Å². The van der Waals surface area contributed by atoms with Crippen molar-refractivity contribution in [2.24, 2.45) is 0 Å². The summed E-state index contributed by atoms with van der Waals surface area (Å²) in [7, 11) is 0. The van der Waals surface area contributed by atoms with Crippen LogP contribution in [0.1, 0.15) is 44.4 Å². The van der Waals surface area contributed by atoms with Crippen LogP contribution in [0.5, 0.6) is 0 Å². The molecule has 0 aliphatic rings. The summed E-state index contributed by atoms with van der Waals surface area (Å²) >= 11 is 0. The molecule has 0 amide bonds. The van der Waals surface area contributed by atoms with Crippen LogP contribution < -0.4 is 5.32 Å². The first-order valence-electron chi connectivity index (χ1n) is 5.99. The summed E-state index contributed by atoms with van der Waals surface area (Å²) in [6.45, 7) is 8.21. The Balaban J connectivity index is 2.55. The van der Waals surface area contributed by atoms with E-state index in [-0.39, 0.29) is 6.10 Å². The van der Waals surface area contributed by atoms with Gasteiger partial charge >= 0.3 is 0 Å². The average molecular weight is 221 g/mol. The molecule has 0 aliphatic heterocycles. The number of aliphatic hydroxyl groups excluding tert-OH is 1. The number of hydrogen-bond donors (Lipinski definition) is 2. The fourth-order valence-corrected chi connectivity index (χ4v) is 2.04. The van der Waals surface area contributed by atoms with Crippen molar-refractivity contribution in [3.05, 3.63) is 35.4 Å². The molecule has 0 spiro atoms. The van der Waals surface area contributed by atoms with Gasteiger partial charge in [-0.15, -0.1) is 0 Å². The normalized spacial score (nSPS) is 16.8. The Kier molecular flexibility index (Phi) is 4.97. The van der Waals surface area contributed by atoms with Crippen LogP contribution in [0.25, 0.3) is 0 Å². The van der Waals surface area contributed by atoms with Gasteiger partial charge < -0.3 is 10.4 Å². The smallest absolute Gasteiger partial charge is 0.0526 e. The fourth-order valence-electron chi connectivity index (χ4n) is 2.04. The monoisotopic (exact) mass is 221 g/mol. The molecular formula is C14H23NO. The highest BCUT2D eigenvalue weighted by atomic mass is 16.3. The molecule has 90 valence electrons. The first-order chi connectivity index (χ1) is 7.49. The minimum absolute atomic E-state index is 0.243. The van der Waals surface area contributed by atoms with Crippen LogP contribution in [0, 0.1) is 6.92 Å². The van der Waals surface area contributed by atoms with Crippen molar-refractivity contribution in [3.63, 3.8) is 0 Å². The van der Waals surface area contributed by atoms with Gasteiger partial charge in [0.2, 0.25) is 0 Å². The summed E-state index contributed by atoms with van der Waals surface area (Å²) in [5.74, 6) is 0. The van der Waals surface area contributed by atoms with E-state index >= 15 is 0 Å². The minimum Gasteiger partial charge on any atom is -0.393 e. The Morgan fingerprint density at radius 3 is 2.50 bits per heavy atom. The van der Waals surface area contributed by atoms with Crippen molar-refractivity contribution in [1.29, 1.82) is 0 Å². The molecule has 0 saturated carbocycles. The van der Waals surface area contributed by atoms with Crippen LogP contribution in [0.4, 0.5) is 0 Å². The topological polar surface area (TPSA) is 32.3 Å². The lowest BCUT2D eigenvalue weighted by molar-refractivity contribution is 0.168. The van der Waals surface area contributed by atoms with Gasteiger partial charge in [0.25, 0.3) is 0 Å². The molecule has 0 fully saturated rings. The molecule has 2 N–H and O–H groups in total. The van der Waals surface area contributed by atoms with Gasteiger partial charge in [-0.3, -0.25) is 0 Å². The Hall–Kier alpha value is -0.860. The van der Waals surface area contributed by atoms with Crippen molar-refractivity contribution in [2.45, 2.75) is 52.3 Å². The quantitative estimate of drug-likeness (QED) is 0.801. The Bertz CT molecular complexity index is 322. The summed E-state index contributed by atoms with van der Waals surface area (Å²) in [6.07, 6.45) is 0.545. The van der Waals surface area contributed by atoms with Crippen LogP contribution in [-0.2, 0) is 0 Å². The standard InChI is InChI=1S/C14H23NO/c1-10-6-5-7-14(8-10)13(4)15-11(2)9-12(3)16/h5-8,11-13,15-16H,9H2,1-4H3. The van der Waals surface area contributed by atoms with Gasteiger partial charge in [0.1, 0.15) is 0 Å². The first-order valence-corrected chi connectivity index (χ1v) is 5.99. The van der Waals surface area contributed by atoms with E-state index in [4.69, 9.17) is 0 Å². The first kappa shape index (κ1) is 13.2. The number of rotatable bonds is 5. The second-order valence-corrected chi connectivity index (χ2v) is 4.79. The summed E-state index contributed by atoms with van der Waals surface area (Å²) in [4.78, 5) is 0. The van der Waals surface area contributed by atoms with Crippen molar-refractivity contribution >= 4 is 0 Å². The summed E-state index contributed by atoms with van der Waals surface area (Å²) in [5, 5.41) is 12.8. The highest BCUT2D eigenvalue weighted by Crippen LogP contribution is 2.15. The number of aryl methyl sites for hydroxylation is 1. The lowest BCUT2D eigenvalue weighted by atomic mass is 10.0. The Morgan fingerprint density at radius 2 is 1.94 bits per heavy atom. The zero-order chi connectivity index (χ0) is 12.1. The SMILES string of the molecule is Cc1cccc(C(C)NC(C)CC(C)O)c1. The van der Waals surface area contributed by atoms with Crippen molar-refractivity contribution in [2.75, 3.05) is 0 Å². The molecule has 2 nitrogen and oxygen atoms in total. The zero-order valence-electron chi connectivity index (χ0n) is 10.7. The third-order valence-electron chi connectivity index (χ3n) is 2.77. The van der Waals surface area contributed by atoms with Crippen LogP contribution in [0.15, 0.2) is 24.3 Å². The van der Waals surface area contributed by atoms with E-state index in [9.17, 15) is 5.11 Å². The van der Waals surface area contributed by atoms with Gasteiger partial charge in [0, 0.05) is 12.1 Å². The number of hydrogen-bond acceptors (Lipinski definition) is 2. The van der Waals surface area contributed by atoms with E-state index in [2.05, 4.69) is 50.4 Å². The van der Waals surface area contributed by atoms with Crippen molar-refractivity contribution in [3.8, 4) is 0 Å². The fraction of sp³-hybridized carbons (Fsp3) is 0.571. The van der Waals surface area contributed by atoms with Crippen molar-refractivity contribution < 1.29 is 5.11 Å². The van der Waals surface area contributed by atoms with E-state index in [1.165, 1.54) is 11.1 Å². The maximum Gasteiger partial charge on any atom is 0.0526 e. The molecule has 0 aliphatic carbocycles. The Morgan fingerprint density at radius 1 is 1.25 bits per heavy atom. The average Bonchev–Trinajstić information content (AvgIpc) is 2.16. The molecule has 0 saturated heterocycles. The maximum atomic E-state index is 9.31. The Labute approximate surface area is 98.7 Å². The third-order valence-corrected chi connectivity index (χ3v) is 2.77. The van der Waals surface area contributed by atoms with Gasteiger partial charge in [-0.1, -0.05) is 29.8 Å². The summed E-state index contributed by atoms with van der Waals surface area (Å²) in [5.41, 5.74) is 2.59. The maximum absolute atomic E-state index is 9.31. The van der Waals surface area contributed by atoms with Crippen LogP contribution in [-0.4, -0.2) is 17.3 Å². The van der Waals surface area contributed by atoms with E-state index in [0.717, 1.165) is 6.42 Å². The largest absolute Gasteiger partial charge is 0.393 e.